The Morgan fingerprint density at radius 1 is 1.25 bits per heavy atom. The van der Waals surface area contributed by atoms with Crippen LogP contribution in [0.2, 0.25) is 0 Å². The van der Waals surface area contributed by atoms with Crippen molar-refractivity contribution in [3.05, 3.63) is 42.2 Å². The molecule has 5 heteroatoms. The predicted octanol–water partition coefficient (Wildman–Crippen LogP) is 1.50. The zero-order valence-corrected chi connectivity index (χ0v) is 9.73. The van der Waals surface area contributed by atoms with Crippen molar-refractivity contribution in [1.82, 2.24) is 9.36 Å². The van der Waals surface area contributed by atoms with E-state index in [4.69, 9.17) is 5.73 Å². The molecule has 0 fully saturated rings. The third kappa shape index (κ3) is 2.77. The number of nitrogens with two attached hydrogens (primary N) is 1. The van der Waals surface area contributed by atoms with E-state index in [1.807, 2.05) is 18.2 Å². The maximum atomic E-state index is 5.60. The average molecular weight is 234 g/mol. The third-order valence-corrected chi connectivity index (χ3v) is 2.96. The Morgan fingerprint density at radius 2 is 2.06 bits per heavy atom. The molecule has 0 unspecified atom stereocenters. The van der Waals surface area contributed by atoms with Crippen molar-refractivity contribution in [2.75, 3.05) is 18.0 Å². The smallest absolute Gasteiger partial charge is 0.205 e. The Kier molecular flexibility index (Phi) is 3.85. The van der Waals surface area contributed by atoms with Crippen molar-refractivity contribution in [3.63, 3.8) is 0 Å². The Morgan fingerprint density at radius 3 is 2.69 bits per heavy atom. The molecule has 2 aromatic rings. The minimum atomic E-state index is 0.617. The molecule has 4 nitrogen and oxygen atoms in total. The van der Waals surface area contributed by atoms with Crippen molar-refractivity contribution >= 4 is 16.7 Å². The van der Waals surface area contributed by atoms with E-state index in [1.54, 1.807) is 6.33 Å². The zero-order chi connectivity index (χ0) is 11.2. The molecular weight excluding hydrogens is 220 g/mol. The number of anilines is 1. The van der Waals surface area contributed by atoms with E-state index in [1.165, 1.54) is 17.1 Å². The molecule has 2 N–H and O–H groups in total. The normalized spacial score (nSPS) is 10.3. The molecule has 0 radical (unpaired) electrons. The summed E-state index contributed by atoms with van der Waals surface area (Å²) in [6.07, 6.45) is 1.58. The molecule has 0 aliphatic rings. The average Bonchev–Trinajstić information content (AvgIpc) is 2.83. The lowest BCUT2D eigenvalue weighted by molar-refractivity contribution is 0.786. The number of rotatable bonds is 5. The summed E-state index contributed by atoms with van der Waals surface area (Å²) in [5, 5.41) is 0.925. The standard InChI is InChI=1S/C11H14N4S/c12-6-7-15(11-13-9-14-16-11)8-10-4-2-1-3-5-10/h1-5,9H,6-8,12H2. The summed E-state index contributed by atoms with van der Waals surface area (Å²) in [6, 6.07) is 10.3. The minimum absolute atomic E-state index is 0.617. The van der Waals surface area contributed by atoms with Gasteiger partial charge < -0.3 is 10.6 Å². The minimum Gasteiger partial charge on any atom is -0.341 e. The first-order valence-corrected chi connectivity index (χ1v) is 5.93. The predicted molar refractivity (Wildman–Crippen MR) is 66.5 cm³/mol. The van der Waals surface area contributed by atoms with Gasteiger partial charge in [0, 0.05) is 31.2 Å². The van der Waals surface area contributed by atoms with Gasteiger partial charge in [0.05, 0.1) is 0 Å². The van der Waals surface area contributed by atoms with Crippen molar-refractivity contribution in [2.24, 2.45) is 5.73 Å². The fraction of sp³-hybridized carbons (Fsp3) is 0.273. The first-order valence-electron chi connectivity index (χ1n) is 5.16. The molecule has 84 valence electrons. The molecule has 1 aromatic heterocycles. The molecule has 0 amide bonds. The van der Waals surface area contributed by atoms with E-state index in [2.05, 4.69) is 26.4 Å². The second-order valence-corrected chi connectivity index (χ2v) is 4.18. The Balaban J connectivity index is 2.09. The highest BCUT2D eigenvalue weighted by atomic mass is 32.1. The van der Waals surface area contributed by atoms with E-state index in [0.29, 0.717) is 6.54 Å². The largest absolute Gasteiger partial charge is 0.341 e. The quantitative estimate of drug-likeness (QED) is 0.852. The van der Waals surface area contributed by atoms with Crippen molar-refractivity contribution in [2.45, 2.75) is 6.54 Å². The monoisotopic (exact) mass is 234 g/mol. The van der Waals surface area contributed by atoms with Gasteiger partial charge in [-0.2, -0.15) is 4.37 Å². The van der Waals surface area contributed by atoms with Crippen LogP contribution in [0.5, 0.6) is 0 Å². The van der Waals surface area contributed by atoms with Crippen molar-refractivity contribution in [1.29, 1.82) is 0 Å². The number of nitrogens with zero attached hydrogens (tertiary/aromatic N) is 3. The first kappa shape index (κ1) is 11.0. The summed E-state index contributed by atoms with van der Waals surface area (Å²) >= 11 is 1.40. The second kappa shape index (κ2) is 5.58. The SMILES string of the molecule is NCCN(Cc1ccccc1)c1ncns1. The van der Waals surface area contributed by atoms with Gasteiger partial charge in [-0.05, 0) is 5.56 Å². The summed E-state index contributed by atoms with van der Waals surface area (Å²) in [7, 11) is 0. The van der Waals surface area contributed by atoms with Crippen molar-refractivity contribution in [3.8, 4) is 0 Å². The van der Waals surface area contributed by atoms with Gasteiger partial charge in [-0.3, -0.25) is 0 Å². The van der Waals surface area contributed by atoms with Gasteiger partial charge in [0.25, 0.3) is 0 Å². The first-order chi connectivity index (χ1) is 7.90. The number of aromatic nitrogens is 2. The molecule has 0 saturated heterocycles. The maximum Gasteiger partial charge on any atom is 0.205 e. The highest BCUT2D eigenvalue weighted by molar-refractivity contribution is 7.09. The van der Waals surface area contributed by atoms with Crippen molar-refractivity contribution < 1.29 is 0 Å². The maximum absolute atomic E-state index is 5.60. The van der Waals surface area contributed by atoms with E-state index in [-0.39, 0.29) is 0 Å². The number of hydrogen-bond acceptors (Lipinski definition) is 5. The highest BCUT2D eigenvalue weighted by Crippen LogP contribution is 2.17. The summed E-state index contributed by atoms with van der Waals surface area (Å²) < 4.78 is 4.02. The Labute approximate surface area is 98.9 Å². The fourth-order valence-electron chi connectivity index (χ4n) is 1.51. The number of hydrogen-bond donors (Lipinski definition) is 1. The molecule has 1 aromatic carbocycles. The van der Waals surface area contributed by atoms with E-state index >= 15 is 0 Å². The van der Waals surface area contributed by atoms with Crippen LogP contribution in [0.4, 0.5) is 5.13 Å². The lowest BCUT2D eigenvalue weighted by Gasteiger charge is -2.20. The van der Waals surface area contributed by atoms with Gasteiger partial charge in [-0.25, -0.2) is 4.98 Å². The molecule has 0 bridgehead atoms. The van der Waals surface area contributed by atoms with Gasteiger partial charge in [0.15, 0.2) is 0 Å². The van der Waals surface area contributed by atoms with Gasteiger partial charge in [-0.15, -0.1) is 0 Å². The van der Waals surface area contributed by atoms with Crippen LogP contribution in [0, 0.1) is 0 Å². The van der Waals surface area contributed by atoms with Crippen LogP contribution in [0.15, 0.2) is 36.7 Å². The van der Waals surface area contributed by atoms with Crippen LogP contribution in [-0.4, -0.2) is 22.4 Å². The molecular formula is C11H14N4S. The molecule has 0 atom stereocenters. The van der Waals surface area contributed by atoms with Crippen LogP contribution >= 0.6 is 11.5 Å². The Bertz CT molecular complexity index is 401. The fourth-order valence-corrected chi connectivity index (χ4v) is 2.06. The van der Waals surface area contributed by atoms with Gasteiger partial charge in [-0.1, -0.05) is 30.3 Å². The molecule has 0 aliphatic heterocycles. The molecule has 0 aliphatic carbocycles. The van der Waals surface area contributed by atoms with Gasteiger partial charge >= 0.3 is 0 Å². The molecule has 1 heterocycles. The summed E-state index contributed by atoms with van der Waals surface area (Å²) in [4.78, 5) is 6.35. The number of benzene rings is 1. The highest BCUT2D eigenvalue weighted by Gasteiger charge is 2.09. The van der Waals surface area contributed by atoms with E-state index in [9.17, 15) is 0 Å². The molecule has 0 spiro atoms. The zero-order valence-electron chi connectivity index (χ0n) is 8.91. The van der Waals surface area contributed by atoms with Crippen LogP contribution in [0.25, 0.3) is 0 Å². The topological polar surface area (TPSA) is 55.0 Å². The van der Waals surface area contributed by atoms with E-state index in [0.717, 1.165) is 18.2 Å². The lowest BCUT2D eigenvalue weighted by atomic mass is 10.2. The Hall–Kier alpha value is -1.46. The van der Waals surface area contributed by atoms with Crippen LogP contribution in [0.1, 0.15) is 5.56 Å². The third-order valence-electron chi connectivity index (χ3n) is 2.24. The van der Waals surface area contributed by atoms with Crippen LogP contribution in [0.3, 0.4) is 0 Å². The summed E-state index contributed by atoms with van der Waals surface area (Å²) in [5.41, 5.74) is 6.86. The summed E-state index contributed by atoms with van der Waals surface area (Å²) in [5.74, 6) is 0. The molecule has 2 rings (SSSR count). The van der Waals surface area contributed by atoms with E-state index < -0.39 is 0 Å². The van der Waals surface area contributed by atoms with Crippen LogP contribution < -0.4 is 10.6 Å². The lowest BCUT2D eigenvalue weighted by Crippen LogP contribution is -2.28. The summed E-state index contributed by atoms with van der Waals surface area (Å²) in [6.45, 7) is 2.24. The molecule has 16 heavy (non-hydrogen) atoms. The van der Waals surface area contributed by atoms with Crippen LogP contribution in [-0.2, 0) is 6.54 Å². The second-order valence-electron chi connectivity index (χ2n) is 3.42. The van der Waals surface area contributed by atoms with Gasteiger partial charge in [0.1, 0.15) is 6.33 Å². The molecule has 0 saturated carbocycles. The van der Waals surface area contributed by atoms with Gasteiger partial charge in [0.2, 0.25) is 5.13 Å².